The number of aromatic nitrogens is 1. The van der Waals surface area contributed by atoms with E-state index in [9.17, 15) is 14.7 Å². The molecule has 2 saturated carbocycles. The van der Waals surface area contributed by atoms with Crippen LogP contribution in [0.3, 0.4) is 0 Å². The highest BCUT2D eigenvalue weighted by Crippen LogP contribution is 2.59. The highest BCUT2D eigenvalue weighted by molar-refractivity contribution is 5.95. The van der Waals surface area contributed by atoms with Crippen LogP contribution in [0.2, 0.25) is 0 Å². The van der Waals surface area contributed by atoms with E-state index in [0.29, 0.717) is 16.8 Å². The van der Waals surface area contributed by atoms with Gasteiger partial charge in [0, 0.05) is 36.9 Å². The van der Waals surface area contributed by atoms with E-state index in [1.807, 2.05) is 0 Å². The molecule has 0 radical (unpaired) electrons. The van der Waals surface area contributed by atoms with Crippen LogP contribution in [0.5, 0.6) is 5.75 Å². The number of rotatable bonds is 4. The lowest BCUT2D eigenvalue weighted by Gasteiger charge is -2.54. The second kappa shape index (κ2) is 6.78. The van der Waals surface area contributed by atoms with Gasteiger partial charge in [-0.1, -0.05) is 0 Å². The Labute approximate surface area is 173 Å². The number of carbonyl (C=O) groups is 1. The van der Waals surface area contributed by atoms with Crippen molar-refractivity contribution in [2.45, 2.75) is 50.1 Å². The Kier molecular flexibility index (Phi) is 4.41. The molecule has 1 aromatic carbocycles. The fourth-order valence-electron chi connectivity index (χ4n) is 5.57. The molecule has 3 unspecified atom stereocenters. The first-order chi connectivity index (χ1) is 14.4. The van der Waals surface area contributed by atoms with Crippen molar-refractivity contribution in [1.82, 2.24) is 9.88 Å². The van der Waals surface area contributed by atoms with Crippen LogP contribution in [0.1, 0.15) is 60.0 Å². The van der Waals surface area contributed by atoms with E-state index in [-0.39, 0.29) is 34.4 Å². The Bertz CT molecular complexity index is 1110. The molecule has 3 fully saturated rings. The summed E-state index contributed by atoms with van der Waals surface area (Å²) in [5.41, 5.74) is 6.06. The molecule has 1 aliphatic heterocycles. The van der Waals surface area contributed by atoms with Crippen molar-refractivity contribution in [3.05, 3.63) is 39.4 Å². The highest BCUT2D eigenvalue weighted by atomic mass is 19.1. The van der Waals surface area contributed by atoms with E-state index >= 15 is 4.39 Å². The van der Waals surface area contributed by atoms with Gasteiger partial charge in [0.15, 0.2) is 0 Å². The number of hydrogen-bond donors (Lipinski definition) is 3. The summed E-state index contributed by atoms with van der Waals surface area (Å²) >= 11 is 0. The normalized spacial score (nSPS) is 28.5. The van der Waals surface area contributed by atoms with Gasteiger partial charge in [0.05, 0.1) is 18.0 Å². The van der Waals surface area contributed by atoms with Crippen LogP contribution in [0, 0.1) is 11.2 Å². The molecule has 2 aliphatic carbocycles. The molecule has 1 aromatic heterocycles. The molecule has 7 nitrogen and oxygen atoms in total. The van der Waals surface area contributed by atoms with Gasteiger partial charge in [-0.3, -0.25) is 4.79 Å². The number of carboxylic acid groups (broad SMARTS) is 1. The number of carboxylic acids is 1. The maximum atomic E-state index is 15.5. The summed E-state index contributed by atoms with van der Waals surface area (Å²) < 4.78 is 23.0. The zero-order chi connectivity index (χ0) is 21.2. The summed E-state index contributed by atoms with van der Waals surface area (Å²) in [6.45, 7) is 1.53. The smallest absolute Gasteiger partial charge is 0.341 e. The predicted octanol–water partition coefficient (Wildman–Crippen LogP) is 2.37. The number of hydrogen-bond acceptors (Lipinski definition) is 5. The third kappa shape index (κ3) is 2.77. The van der Waals surface area contributed by atoms with Crippen molar-refractivity contribution in [1.29, 1.82) is 0 Å². The Morgan fingerprint density at radius 3 is 2.73 bits per heavy atom. The van der Waals surface area contributed by atoms with E-state index in [4.69, 9.17) is 10.5 Å². The zero-order valence-corrected chi connectivity index (χ0v) is 16.9. The molecule has 8 heteroatoms. The second-order valence-electron chi connectivity index (χ2n) is 9.07. The number of halogens is 1. The van der Waals surface area contributed by atoms with Crippen LogP contribution >= 0.6 is 0 Å². The van der Waals surface area contributed by atoms with Crippen molar-refractivity contribution in [3.8, 4) is 5.75 Å². The predicted molar refractivity (Wildman–Crippen MR) is 110 cm³/mol. The van der Waals surface area contributed by atoms with Gasteiger partial charge in [0.1, 0.15) is 17.1 Å². The Morgan fingerprint density at radius 1 is 1.40 bits per heavy atom. The fraction of sp³-hybridized carbons (Fsp3) is 0.545. The maximum Gasteiger partial charge on any atom is 0.341 e. The van der Waals surface area contributed by atoms with Gasteiger partial charge in [-0.05, 0) is 49.5 Å². The van der Waals surface area contributed by atoms with Crippen molar-refractivity contribution >= 4 is 16.9 Å². The average molecular weight is 415 g/mol. The topological polar surface area (TPSA) is 107 Å². The zero-order valence-electron chi connectivity index (χ0n) is 16.9. The SMILES string of the molecule is COc1c(C2CCC23CNCC(N)C3)c(F)cc2c(=O)c(C(=O)O)cn(C3CC3)c12. The Hall–Kier alpha value is -2.45. The number of methoxy groups -OCH3 is 1. The number of piperidine rings is 1. The number of benzene rings is 1. The molecule has 1 saturated heterocycles. The number of aromatic carboxylic acids is 1. The van der Waals surface area contributed by atoms with Crippen LogP contribution < -0.4 is 21.2 Å². The average Bonchev–Trinajstić information content (AvgIpc) is 3.53. The summed E-state index contributed by atoms with van der Waals surface area (Å²) in [6, 6.07) is 1.33. The molecule has 2 aromatic rings. The van der Waals surface area contributed by atoms with Crippen molar-refractivity contribution in [2.75, 3.05) is 20.2 Å². The van der Waals surface area contributed by atoms with Gasteiger partial charge in [-0.15, -0.1) is 0 Å². The minimum atomic E-state index is -1.31. The van der Waals surface area contributed by atoms with Gasteiger partial charge < -0.3 is 25.5 Å². The maximum absolute atomic E-state index is 15.5. The van der Waals surface area contributed by atoms with Gasteiger partial charge in [-0.25, -0.2) is 9.18 Å². The molecule has 2 heterocycles. The second-order valence-corrected chi connectivity index (χ2v) is 9.07. The number of pyridine rings is 1. The van der Waals surface area contributed by atoms with Crippen LogP contribution in [0.4, 0.5) is 4.39 Å². The van der Waals surface area contributed by atoms with E-state index in [0.717, 1.165) is 45.2 Å². The fourth-order valence-corrected chi connectivity index (χ4v) is 5.57. The van der Waals surface area contributed by atoms with Gasteiger partial charge >= 0.3 is 5.97 Å². The largest absolute Gasteiger partial charge is 0.494 e. The standard InChI is InChI=1S/C22H26FN3O4/c1-30-20-17(15-4-5-22(15)7-11(24)8-25-10-22)16(23)6-13-18(20)26(12-2-3-12)9-14(19(13)27)21(28)29/h6,9,11-12,15,25H,2-5,7-8,10,24H2,1H3,(H,28,29). The number of nitrogens with one attached hydrogen (secondary N) is 1. The first kappa shape index (κ1) is 19.5. The van der Waals surface area contributed by atoms with Crippen molar-refractivity contribution in [2.24, 2.45) is 11.1 Å². The van der Waals surface area contributed by atoms with E-state index in [2.05, 4.69) is 5.32 Å². The molecule has 160 valence electrons. The molecular formula is C22H26FN3O4. The monoisotopic (exact) mass is 415 g/mol. The molecule has 5 rings (SSSR count). The lowest BCUT2D eigenvalue weighted by molar-refractivity contribution is 0.0445. The molecule has 4 N–H and O–H groups in total. The molecule has 1 spiro atoms. The number of nitrogens with zero attached hydrogens (tertiary/aromatic N) is 1. The summed E-state index contributed by atoms with van der Waals surface area (Å²) in [5, 5.41) is 12.9. The van der Waals surface area contributed by atoms with Crippen LogP contribution in [0.15, 0.2) is 17.1 Å². The minimum absolute atomic E-state index is 0.0267. The van der Waals surface area contributed by atoms with E-state index < -0.39 is 17.2 Å². The van der Waals surface area contributed by atoms with Crippen LogP contribution in [-0.2, 0) is 0 Å². The summed E-state index contributed by atoms with van der Waals surface area (Å²) in [6.07, 6.45) is 5.78. The third-order valence-corrected chi connectivity index (χ3v) is 7.20. The third-order valence-electron chi connectivity index (χ3n) is 7.20. The Morgan fingerprint density at radius 2 is 2.17 bits per heavy atom. The Balaban J connectivity index is 1.76. The van der Waals surface area contributed by atoms with Gasteiger partial charge in [0.2, 0.25) is 5.43 Å². The number of fused-ring (bicyclic) bond motifs is 1. The lowest BCUT2D eigenvalue weighted by Crippen LogP contribution is -2.56. The summed E-state index contributed by atoms with van der Waals surface area (Å²) in [7, 11) is 1.49. The summed E-state index contributed by atoms with van der Waals surface area (Å²) in [5.74, 6) is -1.52. The number of nitrogens with two attached hydrogens (primary N) is 1. The molecule has 3 atom stereocenters. The van der Waals surface area contributed by atoms with Gasteiger partial charge in [-0.2, -0.15) is 0 Å². The number of ether oxygens (including phenoxy) is 1. The minimum Gasteiger partial charge on any atom is -0.494 e. The van der Waals surface area contributed by atoms with E-state index in [1.54, 1.807) is 4.57 Å². The van der Waals surface area contributed by atoms with Gasteiger partial charge in [0.25, 0.3) is 0 Å². The summed E-state index contributed by atoms with van der Waals surface area (Å²) in [4.78, 5) is 24.5. The quantitative estimate of drug-likeness (QED) is 0.708. The lowest BCUT2D eigenvalue weighted by atomic mass is 9.54. The molecule has 0 amide bonds. The highest BCUT2D eigenvalue weighted by Gasteiger charge is 2.51. The van der Waals surface area contributed by atoms with Crippen LogP contribution in [-0.4, -0.2) is 41.9 Å². The van der Waals surface area contributed by atoms with Crippen LogP contribution in [0.25, 0.3) is 10.9 Å². The molecular weight excluding hydrogens is 389 g/mol. The molecule has 0 bridgehead atoms. The van der Waals surface area contributed by atoms with Crippen molar-refractivity contribution < 1.29 is 19.0 Å². The first-order valence-electron chi connectivity index (χ1n) is 10.5. The molecule has 3 aliphatic rings. The first-order valence-corrected chi connectivity index (χ1v) is 10.5. The van der Waals surface area contributed by atoms with Crippen molar-refractivity contribution in [3.63, 3.8) is 0 Å². The van der Waals surface area contributed by atoms with E-state index in [1.165, 1.54) is 19.4 Å². The molecule has 30 heavy (non-hydrogen) atoms.